The maximum absolute atomic E-state index is 13.0. The van der Waals surface area contributed by atoms with E-state index in [2.05, 4.69) is 40.4 Å². The SMILES string of the molecule is Cc1c[nH]c2ncc(-c3cc4c(c([C@@H]5CCCN5C(=O)OC(C)(C)C)c3)CNCC4)cc12. The van der Waals surface area contributed by atoms with Gasteiger partial charge in [-0.1, -0.05) is 6.07 Å². The Hall–Kier alpha value is -2.86. The van der Waals surface area contributed by atoms with Crippen LogP contribution in [-0.2, 0) is 17.7 Å². The first-order valence-electron chi connectivity index (χ1n) is 11.6. The van der Waals surface area contributed by atoms with Crippen LogP contribution in [0.3, 0.4) is 0 Å². The van der Waals surface area contributed by atoms with Gasteiger partial charge in [-0.2, -0.15) is 0 Å². The van der Waals surface area contributed by atoms with Crippen LogP contribution in [0.4, 0.5) is 4.79 Å². The summed E-state index contributed by atoms with van der Waals surface area (Å²) in [6, 6.07) is 6.87. The van der Waals surface area contributed by atoms with Crippen molar-refractivity contribution < 1.29 is 9.53 Å². The third-order valence-electron chi connectivity index (χ3n) is 6.56. The largest absolute Gasteiger partial charge is 0.444 e. The predicted molar refractivity (Wildman–Crippen MR) is 127 cm³/mol. The van der Waals surface area contributed by atoms with E-state index in [1.807, 2.05) is 38.1 Å². The number of aryl methyl sites for hydroxylation is 1. The fourth-order valence-corrected chi connectivity index (χ4v) is 5.02. The first kappa shape index (κ1) is 21.0. The molecule has 0 unspecified atom stereocenters. The van der Waals surface area contributed by atoms with Crippen molar-refractivity contribution in [2.75, 3.05) is 13.1 Å². The zero-order chi connectivity index (χ0) is 22.5. The van der Waals surface area contributed by atoms with Crippen LogP contribution < -0.4 is 5.32 Å². The summed E-state index contributed by atoms with van der Waals surface area (Å²) in [5.41, 5.74) is 7.87. The Balaban J connectivity index is 1.58. The van der Waals surface area contributed by atoms with Crippen molar-refractivity contribution in [1.82, 2.24) is 20.2 Å². The lowest BCUT2D eigenvalue weighted by molar-refractivity contribution is 0.0224. The summed E-state index contributed by atoms with van der Waals surface area (Å²) in [4.78, 5) is 22.8. The molecule has 168 valence electrons. The molecule has 1 saturated heterocycles. The van der Waals surface area contributed by atoms with Crippen LogP contribution in [0.15, 0.2) is 30.6 Å². The average Bonchev–Trinajstić information content (AvgIpc) is 3.39. The Morgan fingerprint density at radius 2 is 2.06 bits per heavy atom. The Morgan fingerprint density at radius 3 is 2.88 bits per heavy atom. The van der Waals surface area contributed by atoms with E-state index in [4.69, 9.17) is 4.74 Å². The third-order valence-corrected chi connectivity index (χ3v) is 6.56. The highest BCUT2D eigenvalue weighted by Crippen LogP contribution is 2.39. The molecule has 0 radical (unpaired) electrons. The van der Waals surface area contributed by atoms with Crippen LogP contribution in [0.1, 0.15) is 61.9 Å². The van der Waals surface area contributed by atoms with Crippen LogP contribution in [-0.4, -0.2) is 39.7 Å². The number of carbonyl (C=O) groups excluding carboxylic acids is 1. The van der Waals surface area contributed by atoms with Gasteiger partial charge in [0, 0.05) is 36.4 Å². The Morgan fingerprint density at radius 1 is 1.22 bits per heavy atom. The van der Waals surface area contributed by atoms with Gasteiger partial charge < -0.3 is 19.9 Å². The zero-order valence-electron chi connectivity index (χ0n) is 19.4. The number of rotatable bonds is 2. The van der Waals surface area contributed by atoms with Gasteiger partial charge in [0.05, 0.1) is 6.04 Å². The molecule has 0 spiro atoms. The fourth-order valence-electron chi connectivity index (χ4n) is 5.02. The lowest BCUT2D eigenvalue weighted by atomic mass is 9.87. The number of hydrogen-bond acceptors (Lipinski definition) is 4. The smallest absolute Gasteiger partial charge is 0.410 e. The minimum absolute atomic E-state index is 0.0455. The quantitative estimate of drug-likeness (QED) is 0.580. The number of aromatic amines is 1. The number of aromatic nitrogens is 2. The molecular weight excluding hydrogens is 400 g/mol. The lowest BCUT2D eigenvalue weighted by Gasteiger charge is -2.32. The Bertz CT molecular complexity index is 1170. The summed E-state index contributed by atoms with van der Waals surface area (Å²) in [6.07, 6.45) is 6.69. The van der Waals surface area contributed by atoms with E-state index in [1.54, 1.807) is 0 Å². The number of likely N-dealkylation sites (tertiary alicyclic amines) is 1. The number of ether oxygens (including phenoxy) is 1. The minimum atomic E-state index is -0.497. The zero-order valence-corrected chi connectivity index (χ0v) is 19.4. The van der Waals surface area contributed by atoms with Crippen molar-refractivity contribution in [3.05, 3.63) is 52.8 Å². The number of H-pyrrole nitrogens is 1. The lowest BCUT2D eigenvalue weighted by Crippen LogP contribution is -2.37. The molecule has 1 amide bonds. The van der Waals surface area contributed by atoms with Gasteiger partial charge in [-0.3, -0.25) is 0 Å². The summed E-state index contributed by atoms with van der Waals surface area (Å²) < 4.78 is 5.74. The maximum Gasteiger partial charge on any atom is 0.410 e. The highest BCUT2D eigenvalue weighted by molar-refractivity contribution is 5.84. The third kappa shape index (κ3) is 3.88. The van der Waals surface area contributed by atoms with Gasteiger partial charge in [0.15, 0.2) is 0 Å². The fraction of sp³-hybridized carbons (Fsp3) is 0.462. The molecule has 6 nitrogen and oxygen atoms in total. The van der Waals surface area contributed by atoms with Gasteiger partial charge in [0.1, 0.15) is 11.2 Å². The van der Waals surface area contributed by atoms with Crippen molar-refractivity contribution >= 4 is 17.1 Å². The number of pyridine rings is 1. The standard InChI is InChI=1S/C26H32N4O2/c1-16-13-28-24-20(16)12-19(14-29-24)18-10-17-7-8-27-15-22(17)21(11-18)23-6-5-9-30(23)25(31)32-26(2,3)4/h10-14,23,27H,5-9,15H2,1-4H3,(H,28,29)/t23-/m0/s1. The van der Waals surface area contributed by atoms with Crippen molar-refractivity contribution in [1.29, 1.82) is 0 Å². The molecule has 2 aliphatic rings. The van der Waals surface area contributed by atoms with Gasteiger partial charge in [0.25, 0.3) is 0 Å². The monoisotopic (exact) mass is 432 g/mol. The topological polar surface area (TPSA) is 70.2 Å². The molecule has 4 heterocycles. The van der Waals surface area contributed by atoms with E-state index in [9.17, 15) is 4.79 Å². The number of hydrogen-bond donors (Lipinski definition) is 2. The number of carbonyl (C=O) groups is 1. The molecule has 5 rings (SSSR count). The molecule has 2 aromatic heterocycles. The van der Waals surface area contributed by atoms with Crippen molar-refractivity contribution in [2.24, 2.45) is 0 Å². The molecule has 1 aromatic carbocycles. The maximum atomic E-state index is 13.0. The molecule has 0 saturated carbocycles. The number of benzene rings is 1. The summed E-state index contributed by atoms with van der Waals surface area (Å²) in [6.45, 7) is 10.4. The van der Waals surface area contributed by atoms with Crippen molar-refractivity contribution in [2.45, 2.75) is 65.1 Å². The molecule has 2 N–H and O–H groups in total. The van der Waals surface area contributed by atoms with E-state index in [0.29, 0.717) is 0 Å². The van der Waals surface area contributed by atoms with E-state index in [0.717, 1.165) is 55.5 Å². The Kier molecular flexibility index (Phi) is 5.20. The molecular formula is C26H32N4O2. The minimum Gasteiger partial charge on any atom is -0.444 e. The molecule has 0 bridgehead atoms. The number of nitrogens with zero attached hydrogens (tertiary/aromatic N) is 2. The number of amides is 1. The molecule has 0 aliphatic carbocycles. The van der Waals surface area contributed by atoms with Crippen molar-refractivity contribution in [3.63, 3.8) is 0 Å². The second-order valence-corrected chi connectivity index (χ2v) is 10.1. The van der Waals surface area contributed by atoms with Crippen molar-refractivity contribution in [3.8, 4) is 11.1 Å². The highest BCUT2D eigenvalue weighted by Gasteiger charge is 2.35. The van der Waals surface area contributed by atoms with Crippen LogP contribution in [0.5, 0.6) is 0 Å². The second kappa shape index (κ2) is 7.93. The summed E-state index contributed by atoms with van der Waals surface area (Å²) in [5.74, 6) is 0. The second-order valence-electron chi connectivity index (χ2n) is 10.1. The van der Waals surface area contributed by atoms with E-state index in [-0.39, 0.29) is 12.1 Å². The highest BCUT2D eigenvalue weighted by atomic mass is 16.6. The summed E-state index contributed by atoms with van der Waals surface area (Å²) in [7, 11) is 0. The molecule has 6 heteroatoms. The molecule has 3 aromatic rings. The normalized spacial score (nSPS) is 18.8. The number of fused-ring (bicyclic) bond motifs is 2. The predicted octanol–water partition coefficient (Wildman–Crippen LogP) is 5.26. The van der Waals surface area contributed by atoms with E-state index >= 15 is 0 Å². The average molecular weight is 433 g/mol. The van der Waals surface area contributed by atoms with Gasteiger partial charge in [-0.15, -0.1) is 0 Å². The first-order chi connectivity index (χ1) is 15.3. The van der Waals surface area contributed by atoms with Gasteiger partial charge in [-0.25, -0.2) is 9.78 Å². The summed E-state index contributed by atoms with van der Waals surface area (Å²) >= 11 is 0. The van der Waals surface area contributed by atoms with Crippen LogP contribution >= 0.6 is 0 Å². The van der Waals surface area contributed by atoms with Gasteiger partial charge in [0.2, 0.25) is 0 Å². The van der Waals surface area contributed by atoms with E-state index < -0.39 is 5.60 Å². The van der Waals surface area contributed by atoms with Crippen LogP contribution in [0.2, 0.25) is 0 Å². The van der Waals surface area contributed by atoms with Crippen LogP contribution in [0, 0.1) is 6.92 Å². The van der Waals surface area contributed by atoms with Gasteiger partial charge >= 0.3 is 6.09 Å². The Labute approximate surface area is 189 Å². The molecule has 1 fully saturated rings. The molecule has 1 atom stereocenters. The van der Waals surface area contributed by atoms with E-state index in [1.165, 1.54) is 27.8 Å². The number of nitrogens with one attached hydrogen (secondary N) is 2. The van der Waals surface area contributed by atoms with Gasteiger partial charge in [-0.05, 0) is 93.5 Å². The first-order valence-corrected chi connectivity index (χ1v) is 11.6. The molecule has 32 heavy (non-hydrogen) atoms. The van der Waals surface area contributed by atoms with Crippen LogP contribution in [0.25, 0.3) is 22.2 Å². The molecule has 2 aliphatic heterocycles. The summed E-state index contributed by atoms with van der Waals surface area (Å²) in [5, 5.41) is 4.68.